The van der Waals surface area contributed by atoms with Crippen molar-refractivity contribution >= 4 is 11.9 Å². The predicted octanol–water partition coefficient (Wildman–Crippen LogP) is 3.49. The molecule has 0 spiro atoms. The number of fused-ring (bicyclic) bond motifs is 1. The molecule has 174 valence electrons. The van der Waals surface area contributed by atoms with Gasteiger partial charge in [-0.25, -0.2) is 4.68 Å². The van der Waals surface area contributed by atoms with Gasteiger partial charge >= 0.3 is 5.97 Å². The lowest BCUT2D eigenvalue weighted by Gasteiger charge is -2.26. The number of carbonyl (C=O) groups excluding carboxylic acids is 2. The molecule has 0 aliphatic heterocycles. The van der Waals surface area contributed by atoms with Crippen LogP contribution < -0.4 is 0 Å². The fraction of sp³-hybridized carbons (Fsp3) is 0.560. The van der Waals surface area contributed by atoms with E-state index < -0.39 is 11.6 Å². The molecule has 1 aromatic carbocycles. The second-order valence-corrected chi connectivity index (χ2v) is 9.70. The number of para-hydroxylation sites is 1. The summed E-state index contributed by atoms with van der Waals surface area (Å²) in [6.45, 7) is 6.49. The van der Waals surface area contributed by atoms with Crippen molar-refractivity contribution in [3.05, 3.63) is 47.3 Å². The highest BCUT2D eigenvalue weighted by molar-refractivity contribution is 5.96. The maximum absolute atomic E-state index is 13.7. The molecule has 0 saturated carbocycles. The molecule has 1 aliphatic rings. The van der Waals surface area contributed by atoms with Gasteiger partial charge in [-0.3, -0.25) is 9.59 Å². The molecule has 0 unspecified atom stereocenters. The summed E-state index contributed by atoms with van der Waals surface area (Å²) in [6.07, 6.45) is 4.99. The van der Waals surface area contributed by atoms with Crippen molar-refractivity contribution < 1.29 is 14.3 Å². The molecule has 7 nitrogen and oxygen atoms in total. The van der Waals surface area contributed by atoms with Gasteiger partial charge in [-0.1, -0.05) is 24.6 Å². The Hall–Kier alpha value is -2.67. The van der Waals surface area contributed by atoms with Gasteiger partial charge in [0.05, 0.1) is 5.69 Å². The zero-order valence-electron chi connectivity index (χ0n) is 20.1. The third-order valence-electron chi connectivity index (χ3n) is 5.48. The quantitative estimate of drug-likeness (QED) is 0.487. The molecule has 1 aromatic heterocycles. The SMILES string of the molecule is CN(C)CCN(CC(=O)OC(C)(C)C)C(=O)c1nn(-c2ccccc2)c2c1CCCCC2. The largest absolute Gasteiger partial charge is 0.459 e. The molecule has 0 saturated heterocycles. The Balaban J connectivity index is 1.96. The first-order valence-electron chi connectivity index (χ1n) is 11.5. The van der Waals surface area contributed by atoms with Crippen molar-refractivity contribution in [2.75, 3.05) is 33.7 Å². The smallest absolute Gasteiger partial charge is 0.326 e. The van der Waals surface area contributed by atoms with Crippen LogP contribution in [-0.4, -0.2) is 70.8 Å². The first kappa shape index (κ1) is 24.0. The number of hydrogen-bond acceptors (Lipinski definition) is 5. The van der Waals surface area contributed by atoms with Gasteiger partial charge in [0.25, 0.3) is 5.91 Å². The van der Waals surface area contributed by atoms with Crippen molar-refractivity contribution in [2.45, 2.75) is 58.5 Å². The summed E-state index contributed by atoms with van der Waals surface area (Å²) in [5.74, 6) is -0.608. The number of hydrogen-bond donors (Lipinski definition) is 0. The summed E-state index contributed by atoms with van der Waals surface area (Å²) in [5.41, 5.74) is 2.96. The lowest BCUT2D eigenvalue weighted by Crippen LogP contribution is -2.42. The summed E-state index contributed by atoms with van der Waals surface area (Å²) in [5, 5.41) is 4.79. The van der Waals surface area contributed by atoms with Crippen molar-refractivity contribution in [1.29, 1.82) is 0 Å². The van der Waals surface area contributed by atoms with Crippen LogP contribution in [0, 0.1) is 0 Å². The van der Waals surface area contributed by atoms with Crippen LogP contribution in [-0.2, 0) is 22.4 Å². The maximum atomic E-state index is 13.7. The Morgan fingerprint density at radius 3 is 2.38 bits per heavy atom. The number of esters is 1. The van der Waals surface area contributed by atoms with Gasteiger partial charge in [0.15, 0.2) is 5.69 Å². The van der Waals surface area contributed by atoms with E-state index in [9.17, 15) is 9.59 Å². The number of carbonyl (C=O) groups is 2. The van der Waals surface area contributed by atoms with Crippen LogP contribution >= 0.6 is 0 Å². The van der Waals surface area contributed by atoms with Crippen molar-refractivity contribution in [1.82, 2.24) is 19.6 Å². The van der Waals surface area contributed by atoms with Gasteiger partial charge in [0.2, 0.25) is 0 Å². The molecule has 0 bridgehead atoms. The van der Waals surface area contributed by atoms with Gasteiger partial charge in [0.1, 0.15) is 12.1 Å². The fourth-order valence-corrected chi connectivity index (χ4v) is 3.98. The molecule has 2 aromatic rings. The lowest BCUT2D eigenvalue weighted by atomic mass is 10.1. The molecule has 1 heterocycles. The number of amides is 1. The molecule has 3 rings (SSSR count). The summed E-state index contributed by atoms with van der Waals surface area (Å²) in [6, 6.07) is 9.95. The second-order valence-electron chi connectivity index (χ2n) is 9.70. The van der Waals surface area contributed by atoms with Gasteiger partial charge in [0, 0.05) is 24.3 Å². The van der Waals surface area contributed by atoms with Crippen LogP contribution in [0.4, 0.5) is 0 Å². The van der Waals surface area contributed by atoms with E-state index in [-0.39, 0.29) is 12.5 Å². The minimum atomic E-state index is -0.598. The Morgan fingerprint density at radius 1 is 1.03 bits per heavy atom. The third kappa shape index (κ3) is 6.19. The Kier molecular flexibility index (Phi) is 7.72. The van der Waals surface area contributed by atoms with Crippen molar-refractivity contribution in [2.24, 2.45) is 0 Å². The van der Waals surface area contributed by atoms with E-state index in [1.165, 1.54) is 0 Å². The topological polar surface area (TPSA) is 67.7 Å². The molecule has 7 heteroatoms. The van der Waals surface area contributed by atoms with Gasteiger partial charge in [-0.05, 0) is 72.7 Å². The summed E-state index contributed by atoms with van der Waals surface area (Å²) in [4.78, 5) is 29.9. The third-order valence-corrected chi connectivity index (χ3v) is 5.48. The number of likely N-dealkylation sites (N-methyl/N-ethyl adjacent to an activating group) is 1. The van der Waals surface area contributed by atoms with E-state index in [0.29, 0.717) is 18.8 Å². The van der Waals surface area contributed by atoms with E-state index >= 15 is 0 Å². The number of rotatable bonds is 7. The van der Waals surface area contributed by atoms with Crippen molar-refractivity contribution in [3.63, 3.8) is 0 Å². The van der Waals surface area contributed by atoms with Crippen LogP contribution in [0.25, 0.3) is 5.69 Å². The van der Waals surface area contributed by atoms with Crippen molar-refractivity contribution in [3.8, 4) is 5.69 Å². The van der Waals surface area contributed by atoms with Gasteiger partial charge < -0.3 is 14.5 Å². The molecule has 0 atom stereocenters. The van der Waals surface area contributed by atoms with E-state index in [2.05, 4.69) is 0 Å². The number of nitrogens with zero attached hydrogens (tertiary/aromatic N) is 4. The zero-order valence-corrected chi connectivity index (χ0v) is 20.1. The fourth-order valence-electron chi connectivity index (χ4n) is 3.98. The highest BCUT2D eigenvalue weighted by atomic mass is 16.6. The minimum Gasteiger partial charge on any atom is -0.459 e. The monoisotopic (exact) mass is 440 g/mol. The molecule has 1 amide bonds. The molecular formula is C25H36N4O3. The number of benzene rings is 1. The standard InChI is InChI=1S/C25H36N4O3/c1-25(2,3)32-22(30)18-28(17-16-27(4)5)24(31)23-20-14-10-7-11-15-21(20)29(26-23)19-12-8-6-9-13-19/h6,8-9,12-13H,7,10-11,14-18H2,1-5H3. The Morgan fingerprint density at radius 2 is 1.72 bits per heavy atom. The summed E-state index contributed by atoms with van der Waals surface area (Å²) in [7, 11) is 3.90. The van der Waals surface area contributed by atoms with E-state index in [0.717, 1.165) is 49.0 Å². The minimum absolute atomic E-state index is 0.0864. The molecule has 0 fully saturated rings. The first-order valence-corrected chi connectivity index (χ1v) is 11.5. The van der Waals surface area contributed by atoms with Crippen LogP contribution in [0.1, 0.15) is 61.8 Å². The normalized spacial score (nSPS) is 14.1. The van der Waals surface area contributed by atoms with Gasteiger partial charge in [-0.2, -0.15) is 5.10 Å². The maximum Gasteiger partial charge on any atom is 0.326 e. The highest BCUT2D eigenvalue weighted by Crippen LogP contribution is 2.27. The molecule has 32 heavy (non-hydrogen) atoms. The average molecular weight is 441 g/mol. The van der Waals surface area contributed by atoms with Gasteiger partial charge in [-0.15, -0.1) is 0 Å². The highest BCUT2D eigenvalue weighted by Gasteiger charge is 2.30. The molecular weight excluding hydrogens is 404 g/mol. The van der Waals surface area contributed by atoms with Crippen LogP contribution in [0.5, 0.6) is 0 Å². The van der Waals surface area contributed by atoms with Crippen LogP contribution in [0.2, 0.25) is 0 Å². The van der Waals surface area contributed by atoms with Crippen LogP contribution in [0.15, 0.2) is 30.3 Å². The second kappa shape index (κ2) is 10.3. The van der Waals surface area contributed by atoms with Crippen LogP contribution in [0.3, 0.4) is 0 Å². The Labute approximate surface area is 191 Å². The molecule has 0 N–H and O–H groups in total. The van der Waals surface area contributed by atoms with E-state index in [1.54, 1.807) is 4.90 Å². The first-order chi connectivity index (χ1) is 15.2. The number of ether oxygens (including phenoxy) is 1. The summed E-state index contributed by atoms with van der Waals surface area (Å²) < 4.78 is 7.42. The zero-order chi connectivity index (χ0) is 23.3. The van der Waals surface area contributed by atoms with E-state index in [1.807, 2.05) is 74.8 Å². The average Bonchev–Trinajstić information content (AvgIpc) is 2.90. The summed E-state index contributed by atoms with van der Waals surface area (Å²) >= 11 is 0. The predicted molar refractivity (Wildman–Crippen MR) is 125 cm³/mol. The van der Waals surface area contributed by atoms with E-state index in [4.69, 9.17) is 9.84 Å². The molecule has 0 radical (unpaired) electrons. The number of aromatic nitrogens is 2. The lowest BCUT2D eigenvalue weighted by molar-refractivity contribution is -0.155. The Bertz CT molecular complexity index is 929. The molecule has 1 aliphatic carbocycles.